The van der Waals surface area contributed by atoms with Gasteiger partial charge in [-0.3, -0.25) is 9.59 Å². The van der Waals surface area contributed by atoms with E-state index < -0.39 is 34.4 Å². The van der Waals surface area contributed by atoms with Crippen LogP contribution in [0.5, 0.6) is 0 Å². The number of carbonyl (C=O) groups excluding carboxylic acids is 2. The van der Waals surface area contributed by atoms with Gasteiger partial charge in [0.2, 0.25) is 10.0 Å². The molecule has 0 aliphatic heterocycles. The molecule has 0 heterocycles. The van der Waals surface area contributed by atoms with Gasteiger partial charge in [-0.1, -0.05) is 0 Å². The zero-order valence-electron chi connectivity index (χ0n) is 11.8. The molecule has 0 aliphatic rings. The van der Waals surface area contributed by atoms with Gasteiger partial charge in [0.25, 0.3) is 0 Å². The smallest absolute Gasteiger partial charge is 0.324 e. The number of nitrogens with one attached hydrogen (secondary N) is 1. The van der Waals surface area contributed by atoms with E-state index in [9.17, 15) is 18.0 Å². The second-order valence-electron chi connectivity index (χ2n) is 3.89. The Hall–Kier alpha value is -1.19. The number of hydrogen-bond donors (Lipinski definition) is 2. The molecule has 3 N–H and O–H groups in total. The topological polar surface area (TPSA) is 125 Å². The van der Waals surface area contributed by atoms with Crippen LogP contribution in [0.1, 0.15) is 26.7 Å². The van der Waals surface area contributed by atoms with Crippen molar-refractivity contribution in [3.63, 3.8) is 0 Å². The van der Waals surface area contributed by atoms with Crippen LogP contribution in [0.3, 0.4) is 0 Å². The standard InChI is InChI=1S/C11H22N2O6S/c1-3-18-10(14)8-9(11(15)19-4-2)13-20(16,17)7-5-6-12/h9,13H,3-8,12H2,1-2H3/t9-/m0/s1. The molecule has 0 spiro atoms. The molecule has 0 aromatic carbocycles. The van der Waals surface area contributed by atoms with Crippen LogP contribution in [0.25, 0.3) is 0 Å². The largest absolute Gasteiger partial charge is 0.466 e. The Bertz CT molecular complexity index is 409. The monoisotopic (exact) mass is 310 g/mol. The summed E-state index contributed by atoms with van der Waals surface area (Å²) in [7, 11) is -3.71. The van der Waals surface area contributed by atoms with E-state index in [0.29, 0.717) is 0 Å². The molecule has 0 saturated heterocycles. The number of ether oxygens (including phenoxy) is 2. The Morgan fingerprint density at radius 2 is 1.80 bits per heavy atom. The predicted molar refractivity (Wildman–Crippen MR) is 72.3 cm³/mol. The fourth-order valence-corrected chi connectivity index (χ4v) is 2.63. The molecule has 9 heteroatoms. The number of sulfonamides is 1. The van der Waals surface area contributed by atoms with E-state index in [2.05, 4.69) is 4.72 Å². The molecular formula is C11H22N2O6S. The van der Waals surface area contributed by atoms with Crippen LogP contribution in [0.4, 0.5) is 0 Å². The van der Waals surface area contributed by atoms with E-state index in [4.69, 9.17) is 15.2 Å². The van der Waals surface area contributed by atoms with Crippen molar-refractivity contribution >= 4 is 22.0 Å². The van der Waals surface area contributed by atoms with Gasteiger partial charge in [0.1, 0.15) is 6.04 Å². The molecule has 0 amide bonds. The van der Waals surface area contributed by atoms with Gasteiger partial charge < -0.3 is 15.2 Å². The summed E-state index contributed by atoms with van der Waals surface area (Å²) in [6, 6.07) is -1.28. The first-order chi connectivity index (χ1) is 9.36. The van der Waals surface area contributed by atoms with E-state index >= 15 is 0 Å². The zero-order chi connectivity index (χ0) is 15.6. The van der Waals surface area contributed by atoms with Crippen molar-refractivity contribution in [2.75, 3.05) is 25.5 Å². The molecule has 0 rings (SSSR count). The fraction of sp³-hybridized carbons (Fsp3) is 0.818. The van der Waals surface area contributed by atoms with Crippen LogP contribution in [-0.4, -0.2) is 51.9 Å². The normalized spacial score (nSPS) is 12.8. The number of rotatable bonds is 10. The number of nitrogens with two attached hydrogens (primary N) is 1. The lowest BCUT2D eigenvalue weighted by atomic mass is 10.2. The summed E-state index contributed by atoms with van der Waals surface area (Å²) in [6.45, 7) is 3.64. The molecule has 1 atom stereocenters. The third-order valence-corrected chi connectivity index (χ3v) is 3.66. The lowest BCUT2D eigenvalue weighted by molar-refractivity contribution is -0.151. The minimum atomic E-state index is -3.71. The Kier molecular flexibility index (Phi) is 9.10. The zero-order valence-corrected chi connectivity index (χ0v) is 12.6. The first kappa shape index (κ1) is 18.8. The number of carbonyl (C=O) groups is 2. The van der Waals surface area contributed by atoms with Gasteiger partial charge in [0.15, 0.2) is 0 Å². The summed E-state index contributed by atoms with van der Waals surface area (Å²) >= 11 is 0. The van der Waals surface area contributed by atoms with E-state index in [1.165, 1.54) is 0 Å². The molecule has 20 heavy (non-hydrogen) atoms. The quantitative estimate of drug-likeness (QED) is 0.503. The summed E-state index contributed by atoms with van der Waals surface area (Å²) in [5, 5.41) is 0. The minimum absolute atomic E-state index is 0.0860. The van der Waals surface area contributed by atoms with Gasteiger partial charge in [-0.25, -0.2) is 13.1 Å². The molecule has 0 aromatic heterocycles. The molecular weight excluding hydrogens is 288 g/mol. The van der Waals surface area contributed by atoms with Crippen molar-refractivity contribution in [1.82, 2.24) is 4.72 Å². The molecule has 0 aromatic rings. The third-order valence-electron chi connectivity index (χ3n) is 2.19. The maximum absolute atomic E-state index is 11.7. The second-order valence-corrected chi connectivity index (χ2v) is 5.77. The highest BCUT2D eigenvalue weighted by Gasteiger charge is 2.28. The van der Waals surface area contributed by atoms with Gasteiger partial charge >= 0.3 is 11.9 Å². The number of esters is 2. The van der Waals surface area contributed by atoms with Crippen molar-refractivity contribution in [1.29, 1.82) is 0 Å². The summed E-state index contributed by atoms with van der Waals surface area (Å²) in [6.07, 6.45) is -0.154. The molecule has 0 fully saturated rings. The Labute approximate surface area is 119 Å². The predicted octanol–water partition coefficient (Wildman–Crippen LogP) is -0.860. The third kappa shape index (κ3) is 8.08. The lowest BCUT2D eigenvalue weighted by Gasteiger charge is -2.16. The number of hydrogen-bond acceptors (Lipinski definition) is 7. The van der Waals surface area contributed by atoms with E-state index in [1.54, 1.807) is 13.8 Å². The first-order valence-corrected chi connectivity index (χ1v) is 8.03. The van der Waals surface area contributed by atoms with Crippen LogP contribution in [0.2, 0.25) is 0 Å². The average Bonchev–Trinajstić information content (AvgIpc) is 2.36. The Morgan fingerprint density at radius 3 is 2.30 bits per heavy atom. The maximum Gasteiger partial charge on any atom is 0.324 e. The van der Waals surface area contributed by atoms with Crippen LogP contribution in [0.15, 0.2) is 0 Å². The summed E-state index contributed by atoms with van der Waals surface area (Å²) in [5.74, 6) is -1.70. The van der Waals surface area contributed by atoms with Crippen LogP contribution >= 0.6 is 0 Å². The molecule has 118 valence electrons. The van der Waals surface area contributed by atoms with Gasteiger partial charge in [-0.15, -0.1) is 0 Å². The Morgan fingerprint density at radius 1 is 1.20 bits per heavy atom. The van der Waals surface area contributed by atoms with Crippen molar-refractivity contribution < 1.29 is 27.5 Å². The first-order valence-electron chi connectivity index (χ1n) is 6.38. The average molecular weight is 310 g/mol. The van der Waals surface area contributed by atoms with Crippen LogP contribution in [0, 0.1) is 0 Å². The van der Waals surface area contributed by atoms with Crippen molar-refractivity contribution in [2.24, 2.45) is 5.73 Å². The highest BCUT2D eigenvalue weighted by molar-refractivity contribution is 7.89. The molecule has 0 aliphatic carbocycles. The highest BCUT2D eigenvalue weighted by Crippen LogP contribution is 2.02. The maximum atomic E-state index is 11.7. The highest BCUT2D eigenvalue weighted by atomic mass is 32.2. The molecule has 0 bridgehead atoms. The fourth-order valence-electron chi connectivity index (χ4n) is 1.35. The molecule has 0 radical (unpaired) electrons. The van der Waals surface area contributed by atoms with E-state index in [-0.39, 0.29) is 31.9 Å². The molecule has 0 unspecified atom stereocenters. The van der Waals surface area contributed by atoms with Crippen molar-refractivity contribution in [3.8, 4) is 0 Å². The molecule has 0 saturated carbocycles. The van der Waals surface area contributed by atoms with E-state index in [0.717, 1.165) is 0 Å². The van der Waals surface area contributed by atoms with Gasteiger partial charge in [0.05, 0.1) is 25.4 Å². The van der Waals surface area contributed by atoms with Crippen molar-refractivity contribution in [2.45, 2.75) is 32.7 Å². The summed E-state index contributed by atoms with van der Waals surface area (Å²) in [4.78, 5) is 23.0. The Balaban J connectivity index is 4.76. The van der Waals surface area contributed by atoms with Gasteiger partial charge in [0, 0.05) is 0 Å². The molecule has 8 nitrogen and oxygen atoms in total. The van der Waals surface area contributed by atoms with Crippen LogP contribution < -0.4 is 10.5 Å². The minimum Gasteiger partial charge on any atom is -0.466 e. The SMILES string of the molecule is CCOC(=O)C[C@H](NS(=O)(=O)CCCN)C(=O)OCC. The van der Waals surface area contributed by atoms with Crippen LogP contribution in [-0.2, 0) is 29.1 Å². The van der Waals surface area contributed by atoms with E-state index in [1.807, 2.05) is 0 Å². The lowest BCUT2D eigenvalue weighted by Crippen LogP contribution is -2.44. The summed E-state index contributed by atoms with van der Waals surface area (Å²) in [5.41, 5.74) is 5.24. The van der Waals surface area contributed by atoms with Gasteiger partial charge in [-0.2, -0.15) is 0 Å². The van der Waals surface area contributed by atoms with Gasteiger partial charge in [-0.05, 0) is 26.8 Å². The summed E-state index contributed by atoms with van der Waals surface area (Å²) < 4.78 is 35.0. The van der Waals surface area contributed by atoms with Crippen molar-refractivity contribution in [3.05, 3.63) is 0 Å². The second kappa shape index (κ2) is 9.67.